The van der Waals surface area contributed by atoms with Gasteiger partial charge in [0.05, 0.1) is 30.6 Å². The average Bonchev–Trinajstić information content (AvgIpc) is 2.69. The van der Waals surface area contributed by atoms with Crippen molar-refractivity contribution >= 4 is 18.6 Å². The highest BCUT2D eigenvalue weighted by atomic mass is 16.7. The number of pyridine rings is 1. The van der Waals surface area contributed by atoms with Gasteiger partial charge in [0.15, 0.2) is 0 Å². The zero-order valence-corrected chi connectivity index (χ0v) is 11.0. The molecule has 0 amide bonds. The topological polar surface area (TPSA) is 57.7 Å². The summed E-state index contributed by atoms with van der Waals surface area (Å²) in [6, 6.07) is 1.71. The van der Waals surface area contributed by atoms with Crippen LogP contribution in [0.3, 0.4) is 0 Å². The number of esters is 1. The predicted octanol–water partition coefficient (Wildman–Crippen LogP) is 0.697. The Morgan fingerprint density at radius 1 is 1.56 bits per heavy atom. The molecule has 0 radical (unpaired) electrons. The summed E-state index contributed by atoms with van der Waals surface area (Å²) in [4.78, 5) is 15.8. The third-order valence-electron chi connectivity index (χ3n) is 2.79. The van der Waals surface area contributed by atoms with Gasteiger partial charge in [-0.3, -0.25) is 4.98 Å². The van der Waals surface area contributed by atoms with Crippen LogP contribution < -0.4 is 5.46 Å². The van der Waals surface area contributed by atoms with E-state index in [-0.39, 0.29) is 5.60 Å². The maximum atomic E-state index is 11.6. The van der Waals surface area contributed by atoms with Gasteiger partial charge in [0.1, 0.15) is 0 Å². The van der Waals surface area contributed by atoms with Crippen LogP contribution in [-0.2, 0) is 14.0 Å². The molecule has 0 N–H and O–H groups in total. The lowest BCUT2D eigenvalue weighted by molar-refractivity contribution is 0.0599. The zero-order chi connectivity index (χ0) is 13.3. The molecule has 1 saturated heterocycles. The molecule has 0 spiro atoms. The maximum absolute atomic E-state index is 11.6. The quantitative estimate of drug-likeness (QED) is 0.570. The van der Waals surface area contributed by atoms with Gasteiger partial charge in [0, 0.05) is 11.7 Å². The zero-order valence-electron chi connectivity index (χ0n) is 11.0. The minimum atomic E-state index is -0.475. The number of aryl methyl sites for hydroxylation is 1. The lowest BCUT2D eigenvalue weighted by atomic mass is 9.79. The number of hydrogen-bond donors (Lipinski definition) is 0. The fourth-order valence-electron chi connectivity index (χ4n) is 1.79. The largest absolute Gasteiger partial charge is 0.496 e. The molecule has 96 valence electrons. The number of carbonyl (C=O) groups excluding carboxylic acids is 1. The highest BCUT2D eigenvalue weighted by molar-refractivity contribution is 6.61. The van der Waals surface area contributed by atoms with E-state index in [1.165, 1.54) is 7.11 Å². The first-order valence-corrected chi connectivity index (χ1v) is 5.77. The van der Waals surface area contributed by atoms with Gasteiger partial charge in [0.2, 0.25) is 0 Å². The van der Waals surface area contributed by atoms with Crippen molar-refractivity contribution in [2.75, 3.05) is 13.7 Å². The van der Waals surface area contributed by atoms with Crippen molar-refractivity contribution in [1.82, 2.24) is 4.98 Å². The third-order valence-corrected chi connectivity index (χ3v) is 2.79. The fourth-order valence-corrected chi connectivity index (χ4v) is 1.79. The standard InChI is InChI=1S/C12H16BNO4/c1-8-10(11(15)16-4)5-9(6-14-8)13-17-7-12(2,3)18-13/h5-6H,7H2,1-4H3. The highest BCUT2D eigenvalue weighted by Crippen LogP contribution is 2.19. The highest BCUT2D eigenvalue weighted by Gasteiger charge is 2.38. The van der Waals surface area contributed by atoms with E-state index in [9.17, 15) is 4.79 Å². The van der Waals surface area contributed by atoms with E-state index in [4.69, 9.17) is 14.0 Å². The SMILES string of the molecule is COC(=O)c1cc(B2OCC(C)(C)O2)cnc1C. The summed E-state index contributed by atoms with van der Waals surface area (Å²) in [5.74, 6) is -0.404. The average molecular weight is 249 g/mol. The van der Waals surface area contributed by atoms with E-state index in [2.05, 4.69) is 4.98 Å². The van der Waals surface area contributed by atoms with Crippen molar-refractivity contribution in [3.05, 3.63) is 23.5 Å². The van der Waals surface area contributed by atoms with Gasteiger partial charge in [-0.25, -0.2) is 4.79 Å². The Bertz CT molecular complexity index is 475. The molecule has 0 saturated carbocycles. The van der Waals surface area contributed by atoms with E-state index in [0.29, 0.717) is 17.9 Å². The molecular weight excluding hydrogens is 233 g/mol. The number of nitrogens with zero attached hydrogens (tertiary/aromatic N) is 1. The normalized spacial score (nSPS) is 17.9. The van der Waals surface area contributed by atoms with Crippen LogP contribution >= 0.6 is 0 Å². The van der Waals surface area contributed by atoms with Crippen molar-refractivity contribution < 1.29 is 18.8 Å². The van der Waals surface area contributed by atoms with E-state index >= 15 is 0 Å². The molecule has 1 aliphatic heterocycles. The second kappa shape index (κ2) is 4.70. The summed E-state index contributed by atoms with van der Waals surface area (Å²) in [6.45, 7) is 6.18. The summed E-state index contributed by atoms with van der Waals surface area (Å²) < 4.78 is 16.0. The molecule has 0 aromatic carbocycles. The fraction of sp³-hybridized carbons (Fsp3) is 0.500. The van der Waals surface area contributed by atoms with Crippen LogP contribution in [0.25, 0.3) is 0 Å². The van der Waals surface area contributed by atoms with Gasteiger partial charge in [-0.2, -0.15) is 0 Å². The smallest absolute Gasteiger partial charge is 0.465 e. The van der Waals surface area contributed by atoms with Crippen molar-refractivity contribution in [3.8, 4) is 0 Å². The minimum Gasteiger partial charge on any atom is -0.465 e. The first-order valence-electron chi connectivity index (χ1n) is 5.77. The molecule has 1 fully saturated rings. The van der Waals surface area contributed by atoms with E-state index in [1.54, 1.807) is 19.2 Å². The Labute approximate surface area is 107 Å². The molecule has 0 bridgehead atoms. The summed E-state index contributed by atoms with van der Waals surface area (Å²) >= 11 is 0. The molecule has 2 heterocycles. The predicted molar refractivity (Wildman–Crippen MR) is 66.8 cm³/mol. The molecule has 18 heavy (non-hydrogen) atoms. The molecule has 0 unspecified atom stereocenters. The second-order valence-electron chi connectivity index (χ2n) is 4.91. The number of methoxy groups -OCH3 is 1. The Kier molecular flexibility index (Phi) is 3.41. The first kappa shape index (κ1) is 13.0. The molecule has 1 aromatic heterocycles. The van der Waals surface area contributed by atoms with Crippen molar-refractivity contribution in [3.63, 3.8) is 0 Å². The molecular formula is C12H16BNO4. The van der Waals surface area contributed by atoms with E-state index < -0.39 is 13.1 Å². The number of carbonyl (C=O) groups is 1. The monoisotopic (exact) mass is 249 g/mol. The number of aromatic nitrogens is 1. The molecule has 0 aliphatic carbocycles. The second-order valence-corrected chi connectivity index (χ2v) is 4.91. The van der Waals surface area contributed by atoms with Crippen molar-refractivity contribution in [2.24, 2.45) is 0 Å². The van der Waals surface area contributed by atoms with Gasteiger partial charge in [-0.1, -0.05) is 0 Å². The van der Waals surface area contributed by atoms with Gasteiger partial charge in [0.25, 0.3) is 0 Å². The summed E-state index contributed by atoms with van der Waals surface area (Å²) in [5, 5.41) is 0. The Hall–Kier alpha value is -1.40. The molecule has 5 nitrogen and oxygen atoms in total. The number of hydrogen-bond acceptors (Lipinski definition) is 5. The van der Waals surface area contributed by atoms with E-state index in [1.807, 2.05) is 13.8 Å². The lowest BCUT2D eigenvalue weighted by Crippen LogP contribution is -2.35. The molecule has 1 aliphatic rings. The third kappa shape index (κ3) is 2.54. The van der Waals surface area contributed by atoms with E-state index in [0.717, 1.165) is 5.46 Å². The maximum Gasteiger partial charge on any atom is 0.496 e. The molecule has 6 heteroatoms. The summed E-state index contributed by atoms with van der Waals surface area (Å²) in [6.07, 6.45) is 1.66. The van der Waals surface area contributed by atoms with Crippen LogP contribution in [0.15, 0.2) is 12.3 Å². The Morgan fingerprint density at radius 3 is 2.83 bits per heavy atom. The van der Waals surface area contributed by atoms with Crippen LogP contribution in [-0.4, -0.2) is 37.4 Å². The molecule has 1 aromatic rings. The summed E-state index contributed by atoms with van der Waals surface area (Å²) in [7, 11) is 0.872. The number of rotatable bonds is 2. The van der Waals surface area contributed by atoms with Crippen LogP contribution in [0, 0.1) is 6.92 Å². The lowest BCUT2D eigenvalue weighted by Gasteiger charge is -2.15. The van der Waals surface area contributed by atoms with Crippen LogP contribution in [0.1, 0.15) is 29.9 Å². The Morgan fingerprint density at radius 2 is 2.28 bits per heavy atom. The molecule has 2 rings (SSSR count). The van der Waals surface area contributed by atoms with Gasteiger partial charge >= 0.3 is 13.1 Å². The van der Waals surface area contributed by atoms with Crippen LogP contribution in [0.4, 0.5) is 0 Å². The van der Waals surface area contributed by atoms with Gasteiger partial charge in [-0.05, 0) is 26.8 Å². The van der Waals surface area contributed by atoms with Gasteiger partial charge < -0.3 is 14.0 Å². The van der Waals surface area contributed by atoms with Crippen LogP contribution in [0.5, 0.6) is 0 Å². The first-order chi connectivity index (χ1) is 8.43. The van der Waals surface area contributed by atoms with Crippen molar-refractivity contribution in [2.45, 2.75) is 26.4 Å². The van der Waals surface area contributed by atoms with Crippen molar-refractivity contribution in [1.29, 1.82) is 0 Å². The molecule has 0 atom stereocenters. The summed E-state index contributed by atoms with van der Waals surface area (Å²) in [5.41, 5.74) is 1.47. The van der Waals surface area contributed by atoms with Gasteiger partial charge in [-0.15, -0.1) is 0 Å². The minimum absolute atomic E-state index is 0.318. The van der Waals surface area contributed by atoms with Crippen LogP contribution in [0.2, 0.25) is 0 Å². The number of ether oxygens (including phenoxy) is 1. The Balaban J connectivity index is 2.28.